The maximum absolute atomic E-state index is 11.4. The van der Waals surface area contributed by atoms with Crippen LogP contribution in [0.3, 0.4) is 0 Å². The lowest BCUT2D eigenvalue weighted by Gasteiger charge is -2.30. The van der Waals surface area contributed by atoms with Gasteiger partial charge >= 0.3 is 0 Å². The second-order valence-electron chi connectivity index (χ2n) is 16.9. The van der Waals surface area contributed by atoms with Crippen LogP contribution in [0.25, 0.3) is 0 Å². The Hall–Kier alpha value is -2.74. The van der Waals surface area contributed by atoms with Gasteiger partial charge in [0, 0.05) is 0 Å². The van der Waals surface area contributed by atoms with Crippen LogP contribution in [0.15, 0.2) is 24.3 Å². The first-order valence-electron chi connectivity index (χ1n) is 15.7. The van der Waals surface area contributed by atoms with Gasteiger partial charge in [-0.2, -0.15) is 0 Å². The highest BCUT2D eigenvalue weighted by molar-refractivity contribution is 5.57. The molecule has 42 heavy (non-hydrogen) atoms. The van der Waals surface area contributed by atoms with E-state index < -0.39 is 0 Å². The molecular weight excluding hydrogens is 512 g/mol. The van der Waals surface area contributed by atoms with Gasteiger partial charge in [-0.25, -0.2) is 0 Å². The highest BCUT2D eigenvalue weighted by atomic mass is 16.3. The summed E-state index contributed by atoms with van der Waals surface area (Å²) in [5.74, 6) is 0.862. The van der Waals surface area contributed by atoms with E-state index >= 15 is 0 Å². The molecule has 0 unspecified atom stereocenters. The lowest BCUT2D eigenvalue weighted by molar-refractivity contribution is 0.422. The van der Waals surface area contributed by atoms with Crippen LogP contribution in [0.1, 0.15) is 150 Å². The molecule has 0 atom stereocenters. The van der Waals surface area contributed by atoms with Gasteiger partial charge in [-0.3, -0.25) is 0 Å². The van der Waals surface area contributed by atoms with Crippen LogP contribution in [-0.2, 0) is 34.5 Å². The zero-order chi connectivity index (χ0) is 32.3. The van der Waals surface area contributed by atoms with E-state index in [2.05, 4.69) is 135 Å². The van der Waals surface area contributed by atoms with Crippen LogP contribution in [0.2, 0.25) is 0 Å². The van der Waals surface area contributed by atoms with Gasteiger partial charge in [0.15, 0.2) is 0 Å². The Kier molecular flexibility index (Phi) is 8.90. The quantitative estimate of drug-likeness (QED) is 0.327. The molecule has 3 rings (SSSR count). The minimum atomic E-state index is -0.171. The van der Waals surface area contributed by atoms with E-state index in [4.69, 9.17) is 0 Å². The molecule has 0 radical (unpaired) electrons. The summed E-state index contributed by atoms with van der Waals surface area (Å²) in [5.41, 5.74) is 14.0. The zero-order valence-electron chi connectivity index (χ0n) is 29.6. The average Bonchev–Trinajstić information content (AvgIpc) is 2.82. The summed E-state index contributed by atoms with van der Waals surface area (Å²) < 4.78 is 0. The van der Waals surface area contributed by atoms with Crippen molar-refractivity contribution in [2.24, 2.45) is 0 Å². The van der Waals surface area contributed by atoms with Gasteiger partial charge < -0.3 is 10.2 Å². The highest BCUT2D eigenvalue weighted by Crippen LogP contribution is 2.43. The molecule has 2 heteroatoms. The summed E-state index contributed by atoms with van der Waals surface area (Å²) in [4.78, 5) is 0. The van der Waals surface area contributed by atoms with Crippen LogP contribution in [-0.4, -0.2) is 10.2 Å². The Morgan fingerprint density at radius 2 is 0.619 bits per heavy atom. The number of phenolic OH excluding ortho intramolecular Hbond substituents is 2. The molecule has 230 valence electrons. The standard InChI is InChI=1S/C40H58O2/c1-23-24(2)26(4)30(18-28-21-33(39(11,12)13)36(42)34(22-28)40(14,15)16)29(25(23)3)17-27-19-31(37(5,6)7)35(41)32(20-27)38(8,9)10/h19-22,41-42H,17-18H2,1-16H3. The van der Waals surface area contributed by atoms with E-state index in [1.807, 2.05) is 0 Å². The van der Waals surface area contributed by atoms with E-state index in [1.54, 1.807) is 0 Å². The SMILES string of the molecule is Cc1c(C)c(C)c(Cc2cc(C(C)(C)C)c(O)c(C(C)(C)C)c2)c(Cc2cc(C(C)(C)C)c(O)c(C(C)(C)C)c2)c1C. The molecule has 0 saturated carbocycles. The average molecular weight is 571 g/mol. The number of hydrogen-bond acceptors (Lipinski definition) is 2. The summed E-state index contributed by atoms with van der Waals surface area (Å²) in [6.07, 6.45) is 1.62. The Morgan fingerprint density at radius 3 is 0.810 bits per heavy atom. The van der Waals surface area contributed by atoms with E-state index in [1.165, 1.54) is 44.5 Å². The van der Waals surface area contributed by atoms with Gasteiger partial charge in [-0.05, 0) is 129 Å². The summed E-state index contributed by atoms with van der Waals surface area (Å²) in [6, 6.07) is 8.92. The molecule has 2 N–H and O–H groups in total. The zero-order valence-corrected chi connectivity index (χ0v) is 29.6. The van der Waals surface area contributed by atoms with E-state index in [0.717, 1.165) is 35.1 Å². The fourth-order valence-electron chi connectivity index (χ4n) is 6.23. The minimum Gasteiger partial charge on any atom is -0.507 e. The van der Waals surface area contributed by atoms with Crippen LogP contribution in [0, 0.1) is 27.7 Å². The first-order valence-corrected chi connectivity index (χ1v) is 15.7. The molecule has 0 aliphatic rings. The van der Waals surface area contributed by atoms with Crippen molar-refractivity contribution in [3.63, 3.8) is 0 Å². The smallest absolute Gasteiger partial charge is 0.123 e. The summed E-state index contributed by atoms with van der Waals surface area (Å²) in [6.45, 7) is 35.2. The first-order chi connectivity index (χ1) is 18.9. The van der Waals surface area contributed by atoms with Crippen molar-refractivity contribution in [3.05, 3.63) is 91.0 Å². The lowest BCUT2D eigenvalue weighted by atomic mass is 9.76. The molecule has 0 aliphatic heterocycles. The molecule has 0 amide bonds. The number of aromatic hydroxyl groups is 2. The van der Waals surface area contributed by atoms with Gasteiger partial charge in [0.2, 0.25) is 0 Å². The molecule has 0 spiro atoms. The number of phenols is 2. The van der Waals surface area contributed by atoms with Crippen molar-refractivity contribution >= 4 is 0 Å². The number of hydrogen-bond donors (Lipinski definition) is 2. The van der Waals surface area contributed by atoms with Crippen molar-refractivity contribution in [2.75, 3.05) is 0 Å². The van der Waals surface area contributed by atoms with Crippen LogP contribution in [0.4, 0.5) is 0 Å². The summed E-state index contributed by atoms with van der Waals surface area (Å²) in [5, 5.41) is 22.7. The maximum atomic E-state index is 11.4. The topological polar surface area (TPSA) is 40.5 Å². The van der Waals surface area contributed by atoms with E-state index in [-0.39, 0.29) is 21.7 Å². The van der Waals surface area contributed by atoms with Crippen LogP contribution in [0.5, 0.6) is 11.5 Å². The molecule has 0 aromatic heterocycles. The fraction of sp³-hybridized carbons (Fsp3) is 0.550. The second kappa shape index (κ2) is 11.1. The predicted molar refractivity (Wildman–Crippen MR) is 182 cm³/mol. The largest absolute Gasteiger partial charge is 0.507 e. The van der Waals surface area contributed by atoms with Crippen molar-refractivity contribution in [1.29, 1.82) is 0 Å². The van der Waals surface area contributed by atoms with Gasteiger partial charge in [0.05, 0.1) is 0 Å². The molecule has 0 aliphatic carbocycles. The van der Waals surface area contributed by atoms with Crippen molar-refractivity contribution in [1.82, 2.24) is 0 Å². The Morgan fingerprint density at radius 1 is 0.405 bits per heavy atom. The molecule has 0 heterocycles. The summed E-state index contributed by atoms with van der Waals surface area (Å²) >= 11 is 0. The third-order valence-electron chi connectivity index (χ3n) is 9.29. The molecule has 3 aromatic carbocycles. The van der Waals surface area contributed by atoms with E-state index in [9.17, 15) is 10.2 Å². The molecule has 2 nitrogen and oxygen atoms in total. The second-order valence-corrected chi connectivity index (χ2v) is 16.9. The molecule has 3 aromatic rings. The number of benzene rings is 3. The first kappa shape index (κ1) is 33.8. The Bertz CT molecular complexity index is 1300. The molecule has 0 fully saturated rings. The van der Waals surface area contributed by atoms with E-state index in [0.29, 0.717) is 11.5 Å². The van der Waals surface area contributed by atoms with Gasteiger partial charge in [0.1, 0.15) is 11.5 Å². The third-order valence-corrected chi connectivity index (χ3v) is 9.29. The summed E-state index contributed by atoms with van der Waals surface area (Å²) in [7, 11) is 0. The van der Waals surface area contributed by atoms with Gasteiger partial charge in [-0.15, -0.1) is 0 Å². The van der Waals surface area contributed by atoms with Gasteiger partial charge in [0.25, 0.3) is 0 Å². The fourth-order valence-corrected chi connectivity index (χ4v) is 6.23. The molecule has 0 saturated heterocycles. The van der Waals surface area contributed by atoms with Crippen molar-refractivity contribution in [2.45, 2.75) is 145 Å². The monoisotopic (exact) mass is 570 g/mol. The molecule has 0 bridgehead atoms. The van der Waals surface area contributed by atoms with Crippen molar-refractivity contribution < 1.29 is 10.2 Å². The Labute approximate surface area is 257 Å². The normalized spacial score (nSPS) is 13.1. The maximum Gasteiger partial charge on any atom is 0.123 e. The highest BCUT2D eigenvalue weighted by Gasteiger charge is 2.29. The van der Waals surface area contributed by atoms with Crippen LogP contribution >= 0.6 is 0 Å². The van der Waals surface area contributed by atoms with Gasteiger partial charge in [-0.1, -0.05) is 107 Å². The van der Waals surface area contributed by atoms with Crippen molar-refractivity contribution in [3.8, 4) is 11.5 Å². The lowest BCUT2D eigenvalue weighted by Crippen LogP contribution is -2.19. The third kappa shape index (κ3) is 6.74. The minimum absolute atomic E-state index is 0.171. The number of rotatable bonds is 4. The van der Waals surface area contributed by atoms with Crippen LogP contribution < -0.4 is 0 Å². The Balaban J connectivity index is 2.32. The molecular formula is C40H58O2. The predicted octanol–water partition coefficient (Wildman–Crippen LogP) is 10.7.